The molecule has 2 rings (SSSR count). The van der Waals surface area contributed by atoms with Crippen LogP contribution in [0.4, 0.5) is 0 Å². The maximum absolute atomic E-state index is 5.69. The number of fused-ring (bicyclic) bond motifs is 1. The molecule has 0 amide bonds. The van der Waals surface area contributed by atoms with Crippen LogP contribution in [0.25, 0.3) is 11.1 Å². The lowest BCUT2D eigenvalue weighted by molar-refractivity contribution is 0.612. The van der Waals surface area contributed by atoms with Gasteiger partial charge in [0.1, 0.15) is 10.7 Å². The second-order valence-corrected chi connectivity index (χ2v) is 2.79. The quantitative estimate of drug-likeness (QED) is 0.601. The van der Waals surface area contributed by atoms with E-state index in [4.69, 9.17) is 16.0 Å². The summed E-state index contributed by atoms with van der Waals surface area (Å²) < 4.78 is 5.18. The Hall–Kier alpha value is -1.02. The van der Waals surface area contributed by atoms with Gasteiger partial charge in [0.2, 0.25) is 0 Å². The molecule has 0 aliphatic rings. The largest absolute Gasteiger partial charge is 0.462 e. The first-order chi connectivity index (χ1) is 6.27. The predicted molar refractivity (Wildman–Crippen MR) is 55.1 cm³/mol. The Balaban J connectivity index is 0.000000396. The molecule has 0 radical (unpaired) electrons. The molecule has 2 aromatic rings. The summed E-state index contributed by atoms with van der Waals surface area (Å²) in [5.74, 6) is 0. The number of pyridine rings is 1. The monoisotopic (exact) mass is 197 g/mol. The molecule has 13 heavy (non-hydrogen) atoms. The van der Waals surface area contributed by atoms with Crippen molar-refractivity contribution in [1.29, 1.82) is 0 Å². The molecule has 0 unspecified atom stereocenters. The predicted octanol–water partition coefficient (Wildman–Crippen LogP) is 3.82. The Bertz CT molecular complexity index is 395. The van der Waals surface area contributed by atoms with Gasteiger partial charge < -0.3 is 4.42 Å². The zero-order valence-electron chi connectivity index (χ0n) is 7.97. The highest BCUT2D eigenvalue weighted by atomic mass is 35.5. The molecule has 3 heteroatoms. The van der Waals surface area contributed by atoms with Crippen molar-refractivity contribution in [3.63, 3.8) is 0 Å². The smallest absolute Gasteiger partial charge is 0.152 e. The average Bonchev–Trinajstić information content (AvgIpc) is 2.52. The van der Waals surface area contributed by atoms with Gasteiger partial charge in [0.15, 0.2) is 5.58 Å². The van der Waals surface area contributed by atoms with Gasteiger partial charge in [-0.3, -0.25) is 0 Å². The molecule has 70 valence electrons. The van der Waals surface area contributed by atoms with Gasteiger partial charge in [-0.1, -0.05) is 25.4 Å². The maximum Gasteiger partial charge on any atom is 0.152 e. The average molecular weight is 198 g/mol. The van der Waals surface area contributed by atoms with E-state index in [0.717, 1.165) is 16.7 Å². The van der Waals surface area contributed by atoms with Gasteiger partial charge in [-0.2, -0.15) is 0 Å². The zero-order valence-corrected chi connectivity index (χ0v) is 8.72. The number of hydrogen-bond donors (Lipinski definition) is 0. The van der Waals surface area contributed by atoms with Crippen molar-refractivity contribution in [1.82, 2.24) is 4.98 Å². The fraction of sp³-hybridized carbons (Fsp3) is 0.300. The summed E-state index contributed by atoms with van der Waals surface area (Å²) in [7, 11) is 0. The Kier molecular flexibility index (Phi) is 3.32. The maximum atomic E-state index is 5.69. The fourth-order valence-corrected chi connectivity index (χ4v) is 1.16. The second kappa shape index (κ2) is 4.28. The summed E-state index contributed by atoms with van der Waals surface area (Å²) in [4.78, 5) is 4.11. The summed E-state index contributed by atoms with van der Waals surface area (Å²) in [6.07, 6.45) is 1.67. The number of halogens is 1. The molecular formula is C10H12ClNO. The molecule has 0 spiro atoms. The first-order valence-electron chi connectivity index (χ1n) is 4.28. The highest BCUT2D eigenvalue weighted by Crippen LogP contribution is 2.19. The van der Waals surface area contributed by atoms with Gasteiger partial charge in [0.05, 0.1) is 6.26 Å². The van der Waals surface area contributed by atoms with Gasteiger partial charge in [-0.15, -0.1) is 0 Å². The van der Waals surface area contributed by atoms with E-state index in [9.17, 15) is 0 Å². The summed E-state index contributed by atoms with van der Waals surface area (Å²) in [6, 6.07) is 3.53. The second-order valence-electron chi connectivity index (χ2n) is 2.40. The van der Waals surface area contributed by atoms with Crippen LogP contribution in [0.2, 0.25) is 5.15 Å². The summed E-state index contributed by atoms with van der Waals surface area (Å²) in [5.41, 5.74) is 2.65. The number of nitrogens with zero attached hydrogens (tertiary/aromatic N) is 1. The fourth-order valence-electron chi connectivity index (χ4n) is 1.01. The Morgan fingerprint density at radius 3 is 2.69 bits per heavy atom. The molecule has 0 aliphatic heterocycles. The van der Waals surface area contributed by atoms with Crippen molar-refractivity contribution in [2.24, 2.45) is 0 Å². The molecule has 2 aromatic heterocycles. The van der Waals surface area contributed by atoms with Crippen LogP contribution in [-0.2, 0) is 0 Å². The topological polar surface area (TPSA) is 26.0 Å². The van der Waals surface area contributed by atoms with Crippen molar-refractivity contribution in [3.05, 3.63) is 29.1 Å². The number of rotatable bonds is 0. The van der Waals surface area contributed by atoms with Crippen molar-refractivity contribution in [3.8, 4) is 0 Å². The minimum Gasteiger partial charge on any atom is -0.462 e. The Morgan fingerprint density at radius 1 is 1.31 bits per heavy atom. The van der Waals surface area contributed by atoms with E-state index in [1.165, 1.54) is 0 Å². The van der Waals surface area contributed by atoms with Crippen LogP contribution < -0.4 is 0 Å². The summed E-state index contributed by atoms with van der Waals surface area (Å²) >= 11 is 5.69. The number of furan rings is 1. The molecule has 0 fully saturated rings. The molecule has 0 saturated carbocycles. The first-order valence-corrected chi connectivity index (χ1v) is 4.65. The molecular weight excluding hydrogens is 186 g/mol. The van der Waals surface area contributed by atoms with E-state index in [1.54, 1.807) is 12.3 Å². The van der Waals surface area contributed by atoms with E-state index in [0.29, 0.717) is 5.15 Å². The van der Waals surface area contributed by atoms with Crippen molar-refractivity contribution < 1.29 is 4.42 Å². The lowest BCUT2D eigenvalue weighted by Crippen LogP contribution is -1.75. The standard InChI is InChI=1S/C8H6ClNO.C2H6/c1-5-4-11-6-2-3-7(9)10-8(5)6;1-2/h2-4H,1H3;1-2H3. The van der Waals surface area contributed by atoms with Gasteiger partial charge in [-0.25, -0.2) is 4.98 Å². The molecule has 0 aromatic carbocycles. The first kappa shape index (κ1) is 10.1. The number of aryl methyl sites for hydroxylation is 1. The number of hydrogen-bond acceptors (Lipinski definition) is 2. The van der Waals surface area contributed by atoms with E-state index < -0.39 is 0 Å². The lowest BCUT2D eigenvalue weighted by Gasteiger charge is -1.88. The Morgan fingerprint density at radius 2 is 2.00 bits per heavy atom. The van der Waals surface area contributed by atoms with Crippen LogP contribution >= 0.6 is 11.6 Å². The van der Waals surface area contributed by atoms with Crippen LogP contribution in [0.3, 0.4) is 0 Å². The minimum atomic E-state index is 0.502. The molecule has 0 bridgehead atoms. The molecule has 2 heterocycles. The molecule has 0 atom stereocenters. The minimum absolute atomic E-state index is 0.502. The van der Waals surface area contributed by atoms with Crippen LogP contribution in [0.1, 0.15) is 19.4 Å². The Labute approximate surface area is 82.5 Å². The number of aromatic nitrogens is 1. The molecule has 0 N–H and O–H groups in total. The van der Waals surface area contributed by atoms with E-state index in [2.05, 4.69) is 4.98 Å². The third-order valence-electron chi connectivity index (χ3n) is 1.56. The van der Waals surface area contributed by atoms with Gasteiger partial charge >= 0.3 is 0 Å². The SMILES string of the molecule is CC.Cc1coc2ccc(Cl)nc12. The van der Waals surface area contributed by atoms with Crippen LogP contribution in [0.5, 0.6) is 0 Å². The third-order valence-corrected chi connectivity index (χ3v) is 1.77. The van der Waals surface area contributed by atoms with E-state index in [1.807, 2.05) is 26.8 Å². The highest BCUT2D eigenvalue weighted by molar-refractivity contribution is 6.29. The van der Waals surface area contributed by atoms with E-state index in [-0.39, 0.29) is 0 Å². The van der Waals surface area contributed by atoms with Crippen LogP contribution in [0, 0.1) is 6.92 Å². The lowest BCUT2D eigenvalue weighted by atomic mass is 10.3. The molecule has 0 saturated heterocycles. The van der Waals surface area contributed by atoms with E-state index >= 15 is 0 Å². The zero-order chi connectivity index (χ0) is 9.84. The molecule has 2 nitrogen and oxygen atoms in total. The van der Waals surface area contributed by atoms with Crippen molar-refractivity contribution >= 4 is 22.7 Å². The van der Waals surface area contributed by atoms with Crippen LogP contribution in [-0.4, -0.2) is 4.98 Å². The normalized spacial score (nSPS) is 9.54. The highest BCUT2D eigenvalue weighted by Gasteiger charge is 2.02. The molecule has 0 aliphatic carbocycles. The van der Waals surface area contributed by atoms with Gasteiger partial charge in [0, 0.05) is 5.56 Å². The van der Waals surface area contributed by atoms with Crippen molar-refractivity contribution in [2.75, 3.05) is 0 Å². The van der Waals surface area contributed by atoms with Crippen molar-refractivity contribution in [2.45, 2.75) is 20.8 Å². The van der Waals surface area contributed by atoms with Gasteiger partial charge in [-0.05, 0) is 19.1 Å². The summed E-state index contributed by atoms with van der Waals surface area (Å²) in [6.45, 7) is 5.94. The van der Waals surface area contributed by atoms with Gasteiger partial charge in [0.25, 0.3) is 0 Å². The third kappa shape index (κ3) is 2.01. The summed E-state index contributed by atoms with van der Waals surface area (Å²) in [5, 5.41) is 0.502. The van der Waals surface area contributed by atoms with Crippen LogP contribution in [0.15, 0.2) is 22.8 Å².